The average Bonchev–Trinajstić information content (AvgIpc) is 3.57. The Hall–Kier alpha value is -3.82. The van der Waals surface area contributed by atoms with Gasteiger partial charge >= 0.3 is 0 Å². The van der Waals surface area contributed by atoms with Crippen molar-refractivity contribution in [2.45, 2.75) is 45.2 Å². The highest BCUT2D eigenvalue weighted by molar-refractivity contribution is 5.78. The molecule has 4 aromatic rings. The molecule has 0 fully saturated rings. The highest BCUT2D eigenvalue weighted by Crippen LogP contribution is 2.39. The zero-order valence-electron chi connectivity index (χ0n) is 24.1. The van der Waals surface area contributed by atoms with Gasteiger partial charge in [0.15, 0.2) is 0 Å². The van der Waals surface area contributed by atoms with Gasteiger partial charge in [-0.25, -0.2) is 19.3 Å². The molecule has 0 spiro atoms. The highest BCUT2D eigenvalue weighted by atomic mass is 19.1. The van der Waals surface area contributed by atoms with E-state index in [2.05, 4.69) is 38.8 Å². The summed E-state index contributed by atoms with van der Waals surface area (Å²) in [6.45, 7) is 6.23. The lowest BCUT2D eigenvalue weighted by molar-refractivity contribution is 0.161. The van der Waals surface area contributed by atoms with Gasteiger partial charge in [-0.15, -0.1) is 0 Å². The number of hydrogen-bond acceptors (Lipinski definition) is 7. The summed E-state index contributed by atoms with van der Waals surface area (Å²) in [5.41, 5.74) is 4.70. The number of methoxy groups -OCH3 is 2. The molecule has 3 heterocycles. The molecule has 9 heteroatoms. The summed E-state index contributed by atoms with van der Waals surface area (Å²) in [4.78, 5) is 16.9. The Balaban J connectivity index is 1.50. The molecule has 1 N–H and O–H groups in total. The number of nitrogens with one attached hydrogen (secondary N) is 1. The Morgan fingerprint density at radius 2 is 1.85 bits per heavy atom. The van der Waals surface area contributed by atoms with Crippen molar-refractivity contribution in [3.8, 4) is 28.4 Å². The molecule has 2 aromatic heterocycles. The Labute approximate surface area is 241 Å². The van der Waals surface area contributed by atoms with E-state index in [0.29, 0.717) is 12.6 Å². The maximum absolute atomic E-state index is 13.8. The molecular weight excluding hydrogens is 519 g/mol. The molecule has 0 saturated carbocycles. The van der Waals surface area contributed by atoms with Gasteiger partial charge < -0.3 is 19.4 Å². The maximum Gasteiger partial charge on any atom is 0.223 e. The van der Waals surface area contributed by atoms with Gasteiger partial charge in [0.2, 0.25) is 5.95 Å². The third-order valence-corrected chi connectivity index (χ3v) is 7.46. The van der Waals surface area contributed by atoms with Crippen LogP contribution < -0.4 is 10.1 Å². The van der Waals surface area contributed by atoms with Gasteiger partial charge in [-0.3, -0.25) is 4.90 Å². The maximum atomic E-state index is 13.8. The second kappa shape index (κ2) is 13.7. The van der Waals surface area contributed by atoms with Crippen molar-refractivity contribution in [3.63, 3.8) is 0 Å². The van der Waals surface area contributed by atoms with E-state index in [4.69, 9.17) is 19.4 Å². The topological polar surface area (TPSA) is 77.3 Å². The van der Waals surface area contributed by atoms with E-state index < -0.39 is 0 Å². The zero-order chi connectivity index (χ0) is 28.6. The van der Waals surface area contributed by atoms with Crippen LogP contribution in [-0.4, -0.2) is 64.9 Å². The van der Waals surface area contributed by atoms with Crippen LogP contribution in [0.5, 0.6) is 5.75 Å². The SMILES string of the molecule is CCCNc1nccc(-c2c(-c3ccc(F)cc3)nc3n2[C@H](CN(CCCOC)Cc2ccc(OC)cc2)CC3)n1. The lowest BCUT2D eigenvalue weighted by atomic mass is 10.1. The summed E-state index contributed by atoms with van der Waals surface area (Å²) >= 11 is 0. The first-order chi connectivity index (χ1) is 20.1. The Morgan fingerprint density at radius 3 is 2.59 bits per heavy atom. The quantitative estimate of drug-likeness (QED) is 0.190. The predicted octanol–water partition coefficient (Wildman–Crippen LogP) is 6.00. The number of ether oxygens (including phenoxy) is 2. The zero-order valence-corrected chi connectivity index (χ0v) is 24.1. The standard InChI is InChI=1S/C32H39FN6O2/c1-4-17-34-32-35-18-16-28(36-32)31-30(24-8-10-25(33)11-9-24)37-29-15-12-26(39(29)31)22-38(19-5-20-40-2)21-23-6-13-27(41-3)14-7-23/h6-11,13-14,16,18,26H,4-5,12,15,17,19-22H2,1-3H3,(H,34,35,36)/t26-/m0/s1. The average molecular weight is 559 g/mol. The molecule has 2 aromatic carbocycles. The van der Waals surface area contributed by atoms with Crippen LogP contribution in [0.15, 0.2) is 60.8 Å². The number of imidazole rings is 1. The summed E-state index contributed by atoms with van der Waals surface area (Å²) in [6.07, 6.45) is 5.58. The number of rotatable bonds is 14. The van der Waals surface area contributed by atoms with Gasteiger partial charge in [0.25, 0.3) is 0 Å². The number of fused-ring (bicyclic) bond motifs is 1. The minimum Gasteiger partial charge on any atom is -0.497 e. The molecule has 5 rings (SSSR count). The van der Waals surface area contributed by atoms with E-state index in [1.165, 1.54) is 17.7 Å². The number of benzene rings is 2. The van der Waals surface area contributed by atoms with Gasteiger partial charge in [-0.1, -0.05) is 19.1 Å². The van der Waals surface area contributed by atoms with Crippen LogP contribution in [0.4, 0.5) is 10.3 Å². The molecular formula is C32H39FN6O2. The van der Waals surface area contributed by atoms with Gasteiger partial charge in [0, 0.05) is 64.1 Å². The normalized spacial score (nSPS) is 14.4. The molecule has 8 nitrogen and oxygen atoms in total. The van der Waals surface area contributed by atoms with Gasteiger partial charge in [0.05, 0.1) is 24.2 Å². The molecule has 1 atom stereocenters. The van der Waals surface area contributed by atoms with Crippen molar-refractivity contribution in [1.82, 2.24) is 24.4 Å². The van der Waals surface area contributed by atoms with Crippen molar-refractivity contribution in [1.29, 1.82) is 0 Å². The number of anilines is 1. The van der Waals surface area contributed by atoms with E-state index in [-0.39, 0.29) is 11.9 Å². The van der Waals surface area contributed by atoms with Crippen molar-refractivity contribution in [2.24, 2.45) is 0 Å². The van der Waals surface area contributed by atoms with Crippen LogP contribution in [0, 0.1) is 5.82 Å². The van der Waals surface area contributed by atoms with Crippen LogP contribution in [0.25, 0.3) is 22.6 Å². The second-order valence-corrected chi connectivity index (χ2v) is 10.4. The highest BCUT2D eigenvalue weighted by Gasteiger charge is 2.32. The van der Waals surface area contributed by atoms with Gasteiger partial charge in [0.1, 0.15) is 17.4 Å². The Bertz CT molecular complexity index is 1410. The van der Waals surface area contributed by atoms with Crippen LogP contribution >= 0.6 is 0 Å². The lowest BCUT2D eigenvalue weighted by Crippen LogP contribution is -2.31. The van der Waals surface area contributed by atoms with E-state index in [1.54, 1.807) is 32.5 Å². The van der Waals surface area contributed by atoms with Crippen molar-refractivity contribution >= 4 is 5.95 Å². The Morgan fingerprint density at radius 1 is 1.05 bits per heavy atom. The molecule has 1 aliphatic heterocycles. The molecule has 0 radical (unpaired) electrons. The van der Waals surface area contributed by atoms with Crippen LogP contribution in [0.2, 0.25) is 0 Å². The molecule has 0 saturated heterocycles. The fourth-order valence-electron chi connectivity index (χ4n) is 5.47. The summed E-state index contributed by atoms with van der Waals surface area (Å²) in [7, 11) is 3.43. The number of nitrogens with zero attached hydrogens (tertiary/aromatic N) is 5. The number of halogens is 1. The first-order valence-corrected chi connectivity index (χ1v) is 14.4. The molecule has 0 unspecified atom stereocenters. The largest absolute Gasteiger partial charge is 0.497 e. The van der Waals surface area contributed by atoms with Crippen LogP contribution in [0.1, 0.15) is 43.6 Å². The summed E-state index contributed by atoms with van der Waals surface area (Å²) < 4.78 is 26.9. The lowest BCUT2D eigenvalue weighted by Gasteiger charge is -2.27. The molecule has 0 aliphatic carbocycles. The van der Waals surface area contributed by atoms with Crippen molar-refractivity contribution < 1.29 is 13.9 Å². The predicted molar refractivity (Wildman–Crippen MR) is 160 cm³/mol. The number of hydrogen-bond donors (Lipinski definition) is 1. The fourth-order valence-corrected chi connectivity index (χ4v) is 5.47. The second-order valence-electron chi connectivity index (χ2n) is 10.4. The van der Waals surface area contributed by atoms with Crippen LogP contribution in [0.3, 0.4) is 0 Å². The molecule has 1 aliphatic rings. The summed E-state index contributed by atoms with van der Waals surface area (Å²) in [6, 6.07) is 17.0. The van der Waals surface area contributed by atoms with Gasteiger partial charge in [-0.05, 0) is 67.3 Å². The third-order valence-electron chi connectivity index (χ3n) is 7.46. The molecule has 0 amide bonds. The molecule has 41 heavy (non-hydrogen) atoms. The minimum atomic E-state index is -0.266. The minimum absolute atomic E-state index is 0.213. The smallest absolute Gasteiger partial charge is 0.223 e. The Kier molecular flexibility index (Phi) is 9.59. The van der Waals surface area contributed by atoms with Crippen molar-refractivity contribution in [2.75, 3.05) is 45.8 Å². The van der Waals surface area contributed by atoms with E-state index in [9.17, 15) is 4.39 Å². The van der Waals surface area contributed by atoms with E-state index in [0.717, 1.165) is 86.1 Å². The van der Waals surface area contributed by atoms with E-state index in [1.807, 2.05) is 18.2 Å². The summed E-state index contributed by atoms with van der Waals surface area (Å²) in [5, 5.41) is 3.31. The molecule has 216 valence electrons. The monoisotopic (exact) mass is 558 g/mol. The fraction of sp³-hybridized carbons (Fsp3) is 0.406. The van der Waals surface area contributed by atoms with Gasteiger partial charge in [-0.2, -0.15) is 0 Å². The first kappa shape index (κ1) is 28.7. The van der Waals surface area contributed by atoms with Crippen LogP contribution in [-0.2, 0) is 17.7 Å². The number of aromatic nitrogens is 4. The first-order valence-electron chi connectivity index (χ1n) is 14.4. The van der Waals surface area contributed by atoms with Crippen molar-refractivity contribution in [3.05, 3.63) is 78.0 Å². The van der Waals surface area contributed by atoms with E-state index >= 15 is 0 Å². The summed E-state index contributed by atoms with van der Waals surface area (Å²) in [5.74, 6) is 2.22. The third kappa shape index (κ3) is 6.92. The molecule has 0 bridgehead atoms. The number of aryl methyl sites for hydroxylation is 1.